The maximum Gasteiger partial charge on any atom is 0.172 e. The van der Waals surface area contributed by atoms with E-state index in [-0.39, 0.29) is 17.0 Å². The zero-order valence-corrected chi connectivity index (χ0v) is 19.3. The highest BCUT2D eigenvalue weighted by molar-refractivity contribution is 5.32. The average Bonchev–Trinajstić information content (AvgIpc) is 3.48. The number of hydrogen-bond donors (Lipinski definition) is 0. The van der Waals surface area contributed by atoms with Gasteiger partial charge in [0.25, 0.3) is 0 Å². The molecular weight excluding hydrogens is 388 g/mol. The van der Waals surface area contributed by atoms with Gasteiger partial charge in [-0.3, -0.25) is 0 Å². The summed E-state index contributed by atoms with van der Waals surface area (Å²) < 4.78 is 24.6. The van der Waals surface area contributed by atoms with Crippen LogP contribution in [0.2, 0.25) is 0 Å². The lowest BCUT2D eigenvalue weighted by atomic mass is 9.46. The predicted octanol–water partition coefficient (Wildman–Crippen LogP) is 5.39. The molecule has 0 bridgehead atoms. The molecule has 31 heavy (non-hydrogen) atoms. The van der Waals surface area contributed by atoms with Crippen molar-refractivity contribution in [1.29, 1.82) is 0 Å². The van der Waals surface area contributed by atoms with Gasteiger partial charge in [0.05, 0.1) is 26.4 Å². The molecule has 170 valence electrons. The zero-order chi connectivity index (χ0) is 21.3. The maximum absolute atomic E-state index is 6.19. The number of hydrogen-bond acceptors (Lipinski definition) is 4. The van der Waals surface area contributed by atoms with Crippen molar-refractivity contribution in [3.8, 4) is 0 Å². The Morgan fingerprint density at radius 2 is 1.68 bits per heavy atom. The Morgan fingerprint density at radius 3 is 2.42 bits per heavy atom. The van der Waals surface area contributed by atoms with Gasteiger partial charge < -0.3 is 18.9 Å². The minimum atomic E-state index is -0.390. The van der Waals surface area contributed by atoms with E-state index in [2.05, 4.69) is 38.3 Å². The summed E-state index contributed by atoms with van der Waals surface area (Å²) >= 11 is 0. The van der Waals surface area contributed by atoms with Gasteiger partial charge >= 0.3 is 0 Å². The standard InChI is InChI=1S/C27H38O4/c1-4-10-26-12-13-27(30-16-17-31-27)18-19(26)5-6-20-21-7-8-23(25(3)28-14-15-29-25)24(21,2)11-9-22(20)26/h5,10,20-23H,1,6-9,11-18H2,2-3H3/t20-,21-,22-,23-,24-,26-/m0/s1. The maximum atomic E-state index is 6.19. The second-order valence-corrected chi connectivity index (χ2v) is 11.4. The third kappa shape index (κ3) is 2.82. The van der Waals surface area contributed by atoms with E-state index in [1.165, 1.54) is 37.7 Å². The molecule has 6 atom stereocenters. The van der Waals surface area contributed by atoms with Gasteiger partial charge in [-0.2, -0.15) is 0 Å². The lowest BCUT2D eigenvalue weighted by molar-refractivity contribution is -0.215. The Balaban J connectivity index is 1.33. The van der Waals surface area contributed by atoms with E-state index in [1.54, 1.807) is 0 Å². The topological polar surface area (TPSA) is 36.9 Å². The summed E-state index contributed by atoms with van der Waals surface area (Å²) in [5, 5.41) is 0. The van der Waals surface area contributed by atoms with Crippen molar-refractivity contribution in [2.24, 2.45) is 34.5 Å². The van der Waals surface area contributed by atoms with Gasteiger partial charge in [0.15, 0.2) is 11.6 Å². The first-order valence-electron chi connectivity index (χ1n) is 12.6. The molecule has 2 heterocycles. The second kappa shape index (κ2) is 7.05. The van der Waals surface area contributed by atoms with Crippen molar-refractivity contribution in [2.45, 2.75) is 76.8 Å². The van der Waals surface area contributed by atoms with E-state index in [4.69, 9.17) is 18.9 Å². The van der Waals surface area contributed by atoms with Crippen LogP contribution < -0.4 is 0 Å². The SMILES string of the molecule is C=C=C[C@]12CCC3(CC1=CC[C@H]1[C@@H]4CC[C@H](C5(C)OCCO5)[C@@]4(C)CC[C@@H]12)OCCO3. The molecule has 0 unspecified atom stereocenters. The van der Waals surface area contributed by atoms with E-state index >= 15 is 0 Å². The molecule has 4 aliphatic carbocycles. The van der Waals surface area contributed by atoms with E-state index in [0.717, 1.165) is 57.5 Å². The van der Waals surface area contributed by atoms with Crippen molar-refractivity contribution in [3.05, 3.63) is 30.0 Å². The minimum absolute atomic E-state index is 0.0922. The summed E-state index contributed by atoms with van der Waals surface area (Å²) in [5.74, 6) is 1.88. The van der Waals surface area contributed by atoms with Gasteiger partial charge in [-0.1, -0.05) is 25.2 Å². The van der Waals surface area contributed by atoms with Gasteiger partial charge in [0, 0.05) is 24.2 Å². The van der Waals surface area contributed by atoms with Crippen LogP contribution in [0, 0.1) is 34.5 Å². The van der Waals surface area contributed by atoms with Crippen molar-refractivity contribution in [2.75, 3.05) is 26.4 Å². The van der Waals surface area contributed by atoms with Crippen molar-refractivity contribution in [1.82, 2.24) is 0 Å². The lowest BCUT2D eigenvalue weighted by Gasteiger charge is -2.59. The number of ether oxygens (including phenoxy) is 4. The van der Waals surface area contributed by atoms with Crippen molar-refractivity contribution in [3.63, 3.8) is 0 Å². The summed E-state index contributed by atoms with van der Waals surface area (Å²) in [6, 6.07) is 0. The van der Waals surface area contributed by atoms with Crippen LogP contribution in [0.15, 0.2) is 30.0 Å². The second-order valence-electron chi connectivity index (χ2n) is 11.4. The third-order valence-corrected chi connectivity index (χ3v) is 10.4. The molecule has 0 aromatic rings. The average molecular weight is 427 g/mol. The predicted molar refractivity (Wildman–Crippen MR) is 118 cm³/mol. The first kappa shape index (κ1) is 20.7. The fourth-order valence-corrected chi connectivity index (χ4v) is 9.11. The van der Waals surface area contributed by atoms with Crippen LogP contribution in [-0.2, 0) is 18.9 Å². The van der Waals surface area contributed by atoms with E-state index in [0.29, 0.717) is 17.3 Å². The molecule has 4 heteroatoms. The molecule has 2 aliphatic heterocycles. The monoisotopic (exact) mass is 426 g/mol. The third-order valence-electron chi connectivity index (χ3n) is 10.4. The molecule has 0 N–H and O–H groups in total. The van der Waals surface area contributed by atoms with Gasteiger partial charge in [-0.05, 0) is 74.7 Å². The Hall–Kier alpha value is -0.900. The summed E-state index contributed by atoms with van der Waals surface area (Å²) in [7, 11) is 0. The minimum Gasteiger partial charge on any atom is -0.348 e. The molecule has 2 saturated heterocycles. The van der Waals surface area contributed by atoms with Crippen LogP contribution in [0.1, 0.15) is 65.2 Å². The fourth-order valence-electron chi connectivity index (χ4n) is 9.11. The Labute approximate surface area is 187 Å². The zero-order valence-electron chi connectivity index (χ0n) is 19.3. The fraction of sp³-hybridized carbons (Fsp3) is 0.815. The number of allylic oxidation sites excluding steroid dienone is 2. The van der Waals surface area contributed by atoms with Gasteiger partial charge in [-0.15, -0.1) is 5.73 Å². The molecule has 0 radical (unpaired) electrons. The van der Waals surface area contributed by atoms with Crippen molar-refractivity contribution < 1.29 is 18.9 Å². The Morgan fingerprint density at radius 1 is 0.935 bits per heavy atom. The quantitative estimate of drug-likeness (QED) is 0.438. The highest BCUT2D eigenvalue weighted by Crippen LogP contribution is 2.69. The highest BCUT2D eigenvalue weighted by Gasteiger charge is 2.64. The molecule has 1 spiro atoms. The van der Waals surface area contributed by atoms with E-state index < -0.39 is 0 Å². The van der Waals surface area contributed by atoms with Crippen LogP contribution in [0.3, 0.4) is 0 Å². The van der Waals surface area contributed by atoms with Crippen LogP contribution >= 0.6 is 0 Å². The van der Waals surface area contributed by atoms with E-state index in [1.807, 2.05) is 0 Å². The van der Waals surface area contributed by atoms with Crippen LogP contribution in [0.25, 0.3) is 0 Å². The first-order valence-corrected chi connectivity index (χ1v) is 12.6. The highest BCUT2D eigenvalue weighted by atomic mass is 16.7. The van der Waals surface area contributed by atoms with Gasteiger partial charge in [-0.25, -0.2) is 0 Å². The van der Waals surface area contributed by atoms with Gasteiger partial charge in [0.1, 0.15) is 0 Å². The van der Waals surface area contributed by atoms with Crippen LogP contribution in [0.4, 0.5) is 0 Å². The molecule has 4 nitrogen and oxygen atoms in total. The largest absolute Gasteiger partial charge is 0.348 e. The van der Waals surface area contributed by atoms with Crippen LogP contribution in [-0.4, -0.2) is 38.0 Å². The van der Waals surface area contributed by atoms with E-state index in [9.17, 15) is 0 Å². The summed E-state index contributed by atoms with van der Waals surface area (Å²) in [4.78, 5) is 0. The number of fused-ring (bicyclic) bond motifs is 5. The van der Waals surface area contributed by atoms with Crippen LogP contribution in [0.5, 0.6) is 0 Å². The van der Waals surface area contributed by atoms with Gasteiger partial charge in [0.2, 0.25) is 0 Å². The normalized spacial score (nSPS) is 47.2. The smallest absolute Gasteiger partial charge is 0.172 e. The Kier molecular flexibility index (Phi) is 4.70. The molecule has 6 rings (SSSR count). The lowest BCUT2D eigenvalue weighted by Crippen LogP contribution is -2.54. The molecule has 0 aromatic carbocycles. The summed E-state index contributed by atoms with van der Waals surface area (Å²) in [5.41, 5.74) is 5.16. The molecule has 5 fully saturated rings. The van der Waals surface area contributed by atoms with Crippen molar-refractivity contribution >= 4 is 0 Å². The Bertz CT molecular complexity index is 813. The summed E-state index contributed by atoms with van der Waals surface area (Å²) in [6.45, 7) is 11.7. The molecular formula is C27H38O4. The molecule has 3 saturated carbocycles. The summed E-state index contributed by atoms with van der Waals surface area (Å²) in [6.07, 6.45) is 14.1. The molecule has 0 aromatic heterocycles. The number of rotatable bonds is 2. The first-order chi connectivity index (χ1) is 14.9. The molecule has 0 amide bonds. The molecule has 6 aliphatic rings.